The Kier molecular flexibility index (Phi) is 6.11. The zero-order valence-corrected chi connectivity index (χ0v) is 12.4. The second kappa shape index (κ2) is 7.59. The van der Waals surface area contributed by atoms with E-state index < -0.39 is 0 Å². The SMILES string of the molecule is CCNC(=O)CN(C)Cc1cc(OC)c(O)c(OC)c1. The fraction of sp³-hybridized carbons (Fsp3) is 0.500. The van der Waals surface area contributed by atoms with Crippen molar-refractivity contribution < 1.29 is 19.4 Å². The highest BCUT2D eigenvalue weighted by Crippen LogP contribution is 2.37. The second-order valence-corrected chi connectivity index (χ2v) is 4.47. The number of benzene rings is 1. The van der Waals surface area contributed by atoms with E-state index in [1.54, 1.807) is 12.1 Å². The van der Waals surface area contributed by atoms with Gasteiger partial charge in [0.2, 0.25) is 11.7 Å². The maximum Gasteiger partial charge on any atom is 0.234 e. The molecule has 0 fully saturated rings. The molecule has 0 aliphatic heterocycles. The minimum absolute atomic E-state index is 0.0206. The predicted molar refractivity (Wildman–Crippen MR) is 76.2 cm³/mol. The number of nitrogens with one attached hydrogen (secondary N) is 1. The third-order valence-corrected chi connectivity index (χ3v) is 2.78. The highest BCUT2D eigenvalue weighted by molar-refractivity contribution is 5.77. The molecule has 6 nitrogen and oxygen atoms in total. The summed E-state index contributed by atoms with van der Waals surface area (Å²) in [6.07, 6.45) is 0. The molecule has 0 radical (unpaired) electrons. The van der Waals surface area contributed by atoms with Gasteiger partial charge in [-0.3, -0.25) is 9.69 Å². The molecule has 0 aliphatic rings. The standard InChI is InChI=1S/C14H22N2O4/c1-5-15-13(17)9-16(2)8-10-6-11(19-3)14(18)12(7-10)20-4/h6-7,18H,5,8-9H2,1-4H3,(H,15,17). The molecule has 0 saturated heterocycles. The lowest BCUT2D eigenvalue weighted by Gasteiger charge is -2.17. The Balaban J connectivity index is 2.79. The highest BCUT2D eigenvalue weighted by Gasteiger charge is 2.13. The second-order valence-electron chi connectivity index (χ2n) is 4.47. The van der Waals surface area contributed by atoms with Crippen LogP contribution in [0.3, 0.4) is 0 Å². The van der Waals surface area contributed by atoms with Crippen LogP contribution in [0.4, 0.5) is 0 Å². The van der Waals surface area contributed by atoms with Crippen molar-refractivity contribution in [2.45, 2.75) is 13.5 Å². The number of ether oxygens (including phenoxy) is 2. The van der Waals surface area contributed by atoms with Crippen LogP contribution in [0.15, 0.2) is 12.1 Å². The molecule has 0 aliphatic carbocycles. The van der Waals surface area contributed by atoms with Crippen molar-refractivity contribution in [1.82, 2.24) is 10.2 Å². The Labute approximate surface area is 119 Å². The summed E-state index contributed by atoms with van der Waals surface area (Å²) in [5, 5.41) is 12.6. The van der Waals surface area contributed by atoms with E-state index in [9.17, 15) is 9.90 Å². The molecule has 1 rings (SSSR count). The summed E-state index contributed by atoms with van der Waals surface area (Å²) < 4.78 is 10.2. The van der Waals surface area contributed by atoms with E-state index in [2.05, 4.69) is 5.32 Å². The van der Waals surface area contributed by atoms with Crippen molar-refractivity contribution >= 4 is 5.91 Å². The lowest BCUT2D eigenvalue weighted by Crippen LogP contribution is -2.34. The molecule has 0 bridgehead atoms. The molecule has 0 spiro atoms. The predicted octanol–water partition coefficient (Wildman–Crippen LogP) is 0.977. The van der Waals surface area contributed by atoms with E-state index in [1.165, 1.54) is 14.2 Å². The van der Waals surface area contributed by atoms with Gasteiger partial charge < -0.3 is 19.9 Å². The van der Waals surface area contributed by atoms with Crippen LogP contribution >= 0.6 is 0 Å². The van der Waals surface area contributed by atoms with Gasteiger partial charge in [0.15, 0.2) is 11.5 Å². The van der Waals surface area contributed by atoms with E-state index in [0.717, 1.165) is 5.56 Å². The van der Waals surface area contributed by atoms with Crippen molar-refractivity contribution in [3.63, 3.8) is 0 Å². The third kappa shape index (κ3) is 4.31. The average molecular weight is 282 g/mol. The Morgan fingerprint density at radius 1 is 1.30 bits per heavy atom. The molecule has 0 unspecified atom stereocenters. The summed E-state index contributed by atoms with van der Waals surface area (Å²) in [4.78, 5) is 13.4. The van der Waals surface area contributed by atoms with Gasteiger partial charge in [0.05, 0.1) is 20.8 Å². The monoisotopic (exact) mass is 282 g/mol. The van der Waals surface area contributed by atoms with Crippen LogP contribution in [0.1, 0.15) is 12.5 Å². The van der Waals surface area contributed by atoms with Gasteiger partial charge in [-0.15, -0.1) is 0 Å². The van der Waals surface area contributed by atoms with Crippen LogP contribution in [0.5, 0.6) is 17.2 Å². The van der Waals surface area contributed by atoms with Crippen LogP contribution in [-0.2, 0) is 11.3 Å². The van der Waals surface area contributed by atoms with Crippen LogP contribution in [0, 0.1) is 0 Å². The van der Waals surface area contributed by atoms with Crippen LogP contribution in [0.25, 0.3) is 0 Å². The maximum absolute atomic E-state index is 11.5. The number of likely N-dealkylation sites (N-methyl/N-ethyl adjacent to an activating group) is 2. The van der Waals surface area contributed by atoms with Crippen LogP contribution < -0.4 is 14.8 Å². The zero-order valence-electron chi connectivity index (χ0n) is 12.4. The molecule has 0 atom stereocenters. The fourth-order valence-corrected chi connectivity index (χ4v) is 1.90. The summed E-state index contributed by atoms with van der Waals surface area (Å²) in [7, 11) is 4.81. The van der Waals surface area contributed by atoms with E-state index in [0.29, 0.717) is 31.1 Å². The van der Waals surface area contributed by atoms with Crippen molar-refractivity contribution in [2.75, 3.05) is 34.4 Å². The lowest BCUT2D eigenvalue weighted by molar-refractivity contribution is -0.121. The van der Waals surface area contributed by atoms with Gasteiger partial charge >= 0.3 is 0 Å². The van der Waals surface area contributed by atoms with Gasteiger partial charge in [-0.1, -0.05) is 0 Å². The summed E-state index contributed by atoms with van der Waals surface area (Å²) in [6.45, 7) is 3.35. The molecule has 1 aromatic rings. The summed E-state index contributed by atoms with van der Waals surface area (Å²) in [5.41, 5.74) is 0.892. The third-order valence-electron chi connectivity index (χ3n) is 2.78. The maximum atomic E-state index is 11.5. The van der Waals surface area contributed by atoms with Gasteiger partial charge in [-0.25, -0.2) is 0 Å². The number of nitrogens with zero attached hydrogens (tertiary/aromatic N) is 1. The minimum atomic E-state index is -0.0230. The van der Waals surface area contributed by atoms with Crippen LogP contribution in [-0.4, -0.2) is 50.3 Å². The molecule has 112 valence electrons. The Bertz CT molecular complexity index is 437. The van der Waals surface area contributed by atoms with Crippen molar-refractivity contribution in [1.29, 1.82) is 0 Å². The summed E-state index contributed by atoms with van der Waals surface area (Å²) in [5.74, 6) is 0.661. The molecule has 1 amide bonds. The van der Waals surface area contributed by atoms with Gasteiger partial charge in [-0.05, 0) is 31.7 Å². The first-order valence-corrected chi connectivity index (χ1v) is 6.40. The Morgan fingerprint density at radius 2 is 1.85 bits per heavy atom. The number of amides is 1. The number of rotatable bonds is 7. The number of hydrogen-bond acceptors (Lipinski definition) is 5. The lowest BCUT2D eigenvalue weighted by atomic mass is 10.1. The van der Waals surface area contributed by atoms with Gasteiger partial charge in [0, 0.05) is 13.1 Å². The zero-order chi connectivity index (χ0) is 15.1. The van der Waals surface area contributed by atoms with Gasteiger partial charge in [0.1, 0.15) is 0 Å². The first-order chi connectivity index (χ1) is 9.51. The number of aromatic hydroxyl groups is 1. The normalized spacial score (nSPS) is 10.4. The topological polar surface area (TPSA) is 71.0 Å². The number of phenolic OH excluding ortho intramolecular Hbond substituents is 1. The highest BCUT2D eigenvalue weighted by atomic mass is 16.5. The summed E-state index contributed by atoms with van der Waals surface area (Å²) >= 11 is 0. The molecule has 1 aromatic carbocycles. The largest absolute Gasteiger partial charge is 0.502 e. The number of carbonyl (C=O) groups excluding carboxylic acids is 1. The first-order valence-electron chi connectivity index (χ1n) is 6.40. The van der Waals surface area contributed by atoms with E-state index in [1.807, 2.05) is 18.9 Å². The minimum Gasteiger partial charge on any atom is -0.502 e. The smallest absolute Gasteiger partial charge is 0.234 e. The van der Waals surface area contributed by atoms with E-state index in [-0.39, 0.29) is 11.7 Å². The molecule has 0 aromatic heterocycles. The van der Waals surface area contributed by atoms with Gasteiger partial charge in [0.25, 0.3) is 0 Å². The average Bonchev–Trinajstić information content (AvgIpc) is 2.40. The van der Waals surface area contributed by atoms with Gasteiger partial charge in [-0.2, -0.15) is 0 Å². The van der Waals surface area contributed by atoms with Crippen molar-refractivity contribution in [2.24, 2.45) is 0 Å². The molecule has 6 heteroatoms. The number of carbonyl (C=O) groups is 1. The number of methoxy groups -OCH3 is 2. The quantitative estimate of drug-likeness (QED) is 0.780. The molecular weight excluding hydrogens is 260 g/mol. The fourth-order valence-electron chi connectivity index (χ4n) is 1.90. The number of hydrogen-bond donors (Lipinski definition) is 2. The Morgan fingerprint density at radius 3 is 2.30 bits per heavy atom. The van der Waals surface area contributed by atoms with Crippen LogP contribution in [0.2, 0.25) is 0 Å². The molecular formula is C14H22N2O4. The summed E-state index contributed by atoms with van der Waals surface area (Å²) in [6, 6.07) is 3.46. The first kappa shape index (κ1) is 16.1. The Hall–Kier alpha value is -1.95. The van der Waals surface area contributed by atoms with E-state index in [4.69, 9.17) is 9.47 Å². The molecule has 0 saturated carbocycles. The molecule has 2 N–H and O–H groups in total. The number of phenols is 1. The van der Waals surface area contributed by atoms with E-state index >= 15 is 0 Å². The van der Waals surface area contributed by atoms with Crippen molar-refractivity contribution in [3.8, 4) is 17.2 Å². The van der Waals surface area contributed by atoms with Crippen molar-refractivity contribution in [3.05, 3.63) is 17.7 Å². The molecule has 0 heterocycles. The molecule has 20 heavy (non-hydrogen) atoms.